The summed E-state index contributed by atoms with van der Waals surface area (Å²) >= 11 is 6.38. The second kappa shape index (κ2) is 7.41. The molecule has 2 atom stereocenters. The van der Waals surface area contributed by atoms with Crippen LogP contribution >= 0.6 is 11.6 Å². The molecule has 3 N–H and O–H groups in total. The van der Waals surface area contributed by atoms with Crippen LogP contribution in [0.3, 0.4) is 0 Å². The first kappa shape index (κ1) is 15.8. The third kappa shape index (κ3) is 3.73. The Hall–Kier alpha value is -0.620. The summed E-state index contributed by atoms with van der Waals surface area (Å²) in [4.78, 5) is 0. The minimum Gasteiger partial charge on any atom is -0.378 e. The minimum absolute atomic E-state index is 0.205. The summed E-state index contributed by atoms with van der Waals surface area (Å²) in [5.74, 6) is 5.68. The van der Waals surface area contributed by atoms with Gasteiger partial charge in [-0.1, -0.05) is 18.5 Å². The fourth-order valence-electron chi connectivity index (χ4n) is 2.78. The molecule has 6 heteroatoms. The Labute approximate surface area is 125 Å². The monoisotopic (exact) mass is 300 g/mol. The summed E-state index contributed by atoms with van der Waals surface area (Å²) in [5.41, 5.74) is 4.91. The van der Waals surface area contributed by atoms with Gasteiger partial charge in [0, 0.05) is 26.1 Å². The Bertz CT molecular complexity index is 429. The Morgan fingerprint density at radius 2 is 2.40 bits per heavy atom. The maximum atomic E-state index is 6.38. The molecule has 0 bridgehead atoms. The van der Waals surface area contributed by atoms with Gasteiger partial charge in [-0.3, -0.25) is 16.0 Å². The lowest BCUT2D eigenvalue weighted by Crippen LogP contribution is -2.37. The van der Waals surface area contributed by atoms with Gasteiger partial charge in [0.05, 0.1) is 22.5 Å². The van der Waals surface area contributed by atoms with E-state index >= 15 is 0 Å². The Balaban J connectivity index is 1.93. The highest BCUT2D eigenvalue weighted by Gasteiger charge is 2.20. The zero-order chi connectivity index (χ0) is 14.5. The predicted octanol–water partition coefficient (Wildman–Crippen LogP) is 1.97. The Kier molecular flexibility index (Phi) is 5.84. The van der Waals surface area contributed by atoms with E-state index < -0.39 is 0 Å². The summed E-state index contributed by atoms with van der Waals surface area (Å²) in [7, 11) is 1.94. The van der Waals surface area contributed by atoms with E-state index in [-0.39, 0.29) is 6.04 Å². The van der Waals surface area contributed by atoms with E-state index in [0.29, 0.717) is 6.10 Å². The molecular formula is C14H25ClN4O. The third-order valence-electron chi connectivity index (χ3n) is 4.04. The zero-order valence-corrected chi connectivity index (χ0v) is 13.1. The number of hydrogen-bond acceptors (Lipinski definition) is 4. The molecule has 0 aromatic carbocycles. The van der Waals surface area contributed by atoms with Gasteiger partial charge in [-0.25, -0.2) is 0 Å². The largest absolute Gasteiger partial charge is 0.378 e. The van der Waals surface area contributed by atoms with Gasteiger partial charge in [0.15, 0.2) is 0 Å². The number of nitrogens with two attached hydrogens (primary N) is 1. The summed E-state index contributed by atoms with van der Waals surface area (Å²) in [5, 5.41) is 5.23. The van der Waals surface area contributed by atoms with E-state index in [0.717, 1.165) is 48.7 Å². The van der Waals surface area contributed by atoms with Crippen LogP contribution in [0.5, 0.6) is 0 Å². The molecule has 5 nitrogen and oxygen atoms in total. The van der Waals surface area contributed by atoms with Gasteiger partial charge in [-0.2, -0.15) is 5.10 Å². The van der Waals surface area contributed by atoms with Crippen molar-refractivity contribution in [1.29, 1.82) is 0 Å². The number of nitrogens with one attached hydrogen (secondary N) is 1. The van der Waals surface area contributed by atoms with Gasteiger partial charge in [0.25, 0.3) is 0 Å². The molecule has 0 radical (unpaired) electrons. The third-order valence-corrected chi connectivity index (χ3v) is 4.48. The Morgan fingerprint density at radius 1 is 1.60 bits per heavy atom. The molecule has 1 aromatic heterocycles. The van der Waals surface area contributed by atoms with E-state index in [2.05, 4.69) is 17.4 Å². The number of ether oxygens (including phenoxy) is 1. The average Bonchev–Trinajstić information content (AvgIpc) is 3.05. The molecule has 0 amide bonds. The van der Waals surface area contributed by atoms with Crippen LogP contribution in [0.25, 0.3) is 0 Å². The minimum atomic E-state index is 0.205. The highest BCUT2D eigenvalue weighted by atomic mass is 35.5. The lowest BCUT2D eigenvalue weighted by Gasteiger charge is -2.18. The number of rotatable bonds is 7. The van der Waals surface area contributed by atoms with Crippen molar-refractivity contribution in [3.05, 3.63) is 16.4 Å². The lowest BCUT2D eigenvalue weighted by atomic mass is 10.0. The smallest absolute Gasteiger partial charge is 0.0850 e. The molecule has 1 aliphatic rings. The van der Waals surface area contributed by atoms with E-state index in [1.807, 2.05) is 11.7 Å². The van der Waals surface area contributed by atoms with Gasteiger partial charge < -0.3 is 4.74 Å². The van der Waals surface area contributed by atoms with E-state index in [1.54, 1.807) is 0 Å². The first-order valence-electron chi connectivity index (χ1n) is 7.43. The van der Waals surface area contributed by atoms with Gasteiger partial charge in [0.1, 0.15) is 0 Å². The summed E-state index contributed by atoms with van der Waals surface area (Å²) in [6.45, 7) is 2.97. The maximum Gasteiger partial charge on any atom is 0.0850 e. The zero-order valence-electron chi connectivity index (χ0n) is 12.4. The van der Waals surface area contributed by atoms with Crippen molar-refractivity contribution < 1.29 is 4.74 Å². The molecule has 0 aliphatic carbocycles. The summed E-state index contributed by atoms with van der Waals surface area (Å²) in [6, 6.07) is 0.205. The highest BCUT2D eigenvalue weighted by Crippen LogP contribution is 2.24. The predicted molar refractivity (Wildman–Crippen MR) is 80.6 cm³/mol. The van der Waals surface area contributed by atoms with Crippen LogP contribution in [0.2, 0.25) is 5.02 Å². The SMILES string of the molecule is CCc1nn(C)c(CC(CCC2CCCO2)NN)c1Cl. The molecule has 0 saturated carbocycles. The van der Waals surface area contributed by atoms with Crippen molar-refractivity contribution in [2.45, 2.75) is 57.6 Å². The molecule has 2 rings (SSSR count). The highest BCUT2D eigenvalue weighted by molar-refractivity contribution is 6.31. The molecule has 114 valence electrons. The number of nitrogens with zero attached hydrogens (tertiary/aromatic N) is 2. The lowest BCUT2D eigenvalue weighted by molar-refractivity contribution is 0.0995. The molecule has 20 heavy (non-hydrogen) atoms. The molecule has 2 heterocycles. The van der Waals surface area contributed by atoms with Crippen LogP contribution in [0.1, 0.15) is 44.0 Å². The first-order valence-corrected chi connectivity index (χ1v) is 7.81. The summed E-state index contributed by atoms with van der Waals surface area (Å²) in [6.07, 6.45) is 6.44. The molecule has 1 fully saturated rings. The van der Waals surface area contributed by atoms with Crippen molar-refractivity contribution in [3.8, 4) is 0 Å². The second-order valence-corrected chi connectivity index (χ2v) is 5.84. The molecule has 1 aromatic rings. The Morgan fingerprint density at radius 3 is 2.95 bits per heavy atom. The van der Waals surface area contributed by atoms with Crippen molar-refractivity contribution in [2.75, 3.05) is 6.61 Å². The number of aromatic nitrogens is 2. The van der Waals surface area contributed by atoms with E-state index in [4.69, 9.17) is 22.2 Å². The van der Waals surface area contributed by atoms with Crippen molar-refractivity contribution in [1.82, 2.24) is 15.2 Å². The van der Waals surface area contributed by atoms with Crippen LogP contribution in [-0.4, -0.2) is 28.5 Å². The van der Waals surface area contributed by atoms with Crippen molar-refractivity contribution in [2.24, 2.45) is 12.9 Å². The standard InChI is InChI=1S/C14H25ClN4O/c1-3-12-14(15)13(19(2)18-12)9-10(17-16)6-7-11-5-4-8-20-11/h10-11,17H,3-9,16H2,1-2H3. The van der Waals surface area contributed by atoms with Gasteiger partial charge in [-0.15, -0.1) is 0 Å². The number of hydrogen-bond donors (Lipinski definition) is 2. The molecule has 1 aliphatic heterocycles. The van der Waals surface area contributed by atoms with Gasteiger partial charge in [-0.05, 0) is 32.1 Å². The normalized spacial score (nSPS) is 20.5. The topological polar surface area (TPSA) is 65.1 Å². The number of hydrazine groups is 1. The fourth-order valence-corrected chi connectivity index (χ4v) is 3.15. The van der Waals surface area contributed by atoms with Crippen molar-refractivity contribution in [3.63, 3.8) is 0 Å². The van der Waals surface area contributed by atoms with E-state index in [1.165, 1.54) is 12.8 Å². The number of halogens is 1. The molecule has 1 saturated heterocycles. The van der Waals surface area contributed by atoms with Gasteiger partial charge in [0.2, 0.25) is 0 Å². The number of aryl methyl sites for hydroxylation is 2. The maximum absolute atomic E-state index is 6.38. The quantitative estimate of drug-likeness (QED) is 0.597. The van der Waals surface area contributed by atoms with Crippen LogP contribution in [-0.2, 0) is 24.6 Å². The van der Waals surface area contributed by atoms with Crippen LogP contribution in [0.4, 0.5) is 0 Å². The molecule has 2 unspecified atom stereocenters. The fraction of sp³-hybridized carbons (Fsp3) is 0.786. The van der Waals surface area contributed by atoms with E-state index in [9.17, 15) is 0 Å². The summed E-state index contributed by atoms with van der Waals surface area (Å²) < 4.78 is 7.53. The second-order valence-electron chi connectivity index (χ2n) is 5.46. The molecular weight excluding hydrogens is 276 g/mol. The average molecular weight is 301 g/mol. The van der Waals surface area contributed by atoms with Crippen LogP contribution < -0.4 is 11.3 Å². The van der Waals surface area contributed by atoms with Crippen LogP contribution in [0.15, 0.2) is 0 Å². The first-order chi connectivity index (χ1) is 9.65. The van der Waals surface area contributed by atoms with Crippen molar-refractivity contribution >= 4 is 11.6 Å². The molecule has 0 spiro atoms. The van der Waals surface area contributed by atoms with Crippen LogP contribution in [0, 0.1) is 0 Å². The van der Waals surface area contributed by atoms with Gasteiger partial charge >= 0.3 is 0 Å².